The van der Waals surface area contributed by atoms with Gasteiger partial charge in [-0.2, -0.15) is 5.26 Å². The third-order valence-electron chi connectivity index (χ3n) is 5.63. The lowest BCUT2D eigenvalue weighted by atomic mass is 9.88. The molecule has 9 heteroatoms. The Morgan fingerprint density at radius 2 is 1.81 bits per heavy atom. The van der Waals surface area contributed by atoms with E-state index in [9.17, 15) is 14.0 Å². The van der Waals surface area contributed by atoms with E-state index in [1.807, 2.05) is 6.07 Å². The maximum atomic E-state index is 15.0. The number of hydrogen-bond donors (Lipinski definition) is 2. The van der Waals surface area contributed by atoms with Crippen LogP contribution in [0.4, 0.5) is 8.78 Å². The standard InChI is InChI=1S/C28H20F2N4O3/c1-2-37-28(36)23-25(18-10-8-16(15-31)9-11-18)33-26(34-27(23)35)22(20-13-12-19(29)14-21(20)30)24(32)17-6-4-3-5-7-17/h3-14,22,32H,2H2,1H3,(H,33,34,35). The van der Waals surface area contributed by atoms with Crippen LogP contribution in [0.3, 0.4) is 0 Å². The number of benzene rings is 3. The molecule has 1 atom stereocenters. The average Bonchev–Trinajstić information content (AvgIpc) is 2.90. The molecule has 2 N–H and O–H groups in total. The molecule has 1 unspecified atom stereocenters. The minimum atomic E-state index is -1.25. The summed E-state index contributed by atoms with van der Waals surface area (Å²) in [6.45, 7) is 1.60. The molecule has 3 aromatic carbocycles. The maximum Gasteiger partial charge on any atom is 0.346 e. The van der Waals surface area contributed by atoms with Crippen molar-refractivity contribution in [2.45, 2.75) is 12.8 Å². The Morgan fingerprint density at radius 3 is 2.43 bits per heavy atom. The molecular formula is C28H20F2N4O3. The molecule has 1 aromatic heterocycles. The third kappa shape index (κ3) is 5.18. The number of aromatic amines is 1. The molecule has 0 aliphatic heterocycles. The van der Waals surface area contributed by atoms with Crippen LogP contribution in [0.15, 0.2) is 77.6 Å². The first kappa shape index (κ1) is 25.1. The number of halogens is 2. The van der Waals surface area contributed by atoms with Gasteiger partial charge in [0.2, 0.25) is 0 Å². The summed E-state index contributed by atoms with van der Waals surface area (Å²) in [5, 5.41) is 18.0. The van der Waals surface area contributed by atoms with E-state index in [1.165, 1.54) is 30.3 Å². The van der Waals surface area contributed by atoms with Gasteiger partial charge in [-0.25, -0.2) is 18.6 Å². The fourth-order valence-corrected chi connectivity index (χ4v) is 3.89. The first-order valence-electron chi connectivity index (χ1n) is 11.2. The Morgan fingerprint density at radius 1 is 1.11 bits per heavy atom. The fourth-order valence-electron chi connectivity index (χ4n) is 3.89. The summed E-state index contributed by atoms with van der Waals surface area (Å²) >= 11 is 0. The summed E-state index contributed by atoms with van der Waals surface area (Å²) in [6, 6.07) is 19.4. The molecule has 4 rings (SSSR count). The number of carbonyl (C=O) groups excluding carboxylic acids is 1. The van der Waals surface area contributed by atoms with Crippen LogP contribution in [-0.2, 0) is 4.74 Å². The van der Waals surface area contributed by atoms with Crippen molar-refractivity contribution < 1.29 is 18.3 Å². The zero-order chi connectivity index (χ0) is 26.5. The summed E-state index contributed by atoms with van der Waals surface area (Å²) < 4.78 is 33.8. The maximum absolute atomic E-state index is 15.0. The van der Waals surface area contributed by atoms with Crippen molar-refractivity contribution in [3.05, 3.63) is 123 Å². The van der Waals surface area contributed by atoms with Crippen molar-refractivity contribution >= 4 is 11.7 Å². The van der Waals surface area contributed by atoms with Crippen LogP contribution in [0.5, 0.6) is 0 Å². The van der Waals surface area contributed by atoms with Gasteiger partial charge in [-0.15, -0.1) is 0 Å². The van der Waals surface area contributed by atoms with Gasteiger partial charge in [0.25, 0.3) is 5.56 Å². The summed E-state index contributed by atoms with van der Waals surface area (Å²) in [7, 11) is 0. The molecule has 0 amide bonds. The molecule has 0 aliphatic rings. The molecule has 0 bridgehead atoms. The van der Waals surface area contributed by atoms with Crippen molar-refractivity contribution in [2.75, 3.05) is 6.61 Å². The second-order valence-corrected chi connectivity index (χ2v) is 7.96. The van der Waals surface area contributed by atoms with Gasteiger partial charge in [0.1, 0.15) is 17.5 Å². The highest BCUT2D eigenvalue weighted by Gasteiger charge is 2.30. The van der Waals surface area contributed by atoms with Crippen LogP contribution < -0.4 is 5.56 Å². The van der Waals surface area contributed by atoms with Gasteiger partial charge in [-0.3, -0.25) is 4.79 Å². The van der Waals surface area contributed by atoms with E-state index in [2.05, 4.69) is 9.97 Å². The van der Waals surface area contributed by atoms with Crippen LogP contribution in [0.2, 0.25) is 0 Å². The smallest absolute Gasteiger partial charge is 0.346 e. The minimum Gasteiger partial charge on any atom is -0.462 e. The molecular weight excluding hydrogens is 478 g/mol. The largest absolute Gasteiger partial charge is 0.462 e. The molecule has 0 aliphatic carbocycles. The summed E-state index contributed by atoms with van der Waals surface area (Å²) in [6.07, 6.45) is 0. The number of esters is 1. The van der Waals surface area contributed by atoms with Crippen molar-refractivity contribution in [1.29, 1.82) is 10.7 Å². The molecule has 0 spiro atoms. The topological polar surface area (TPSA) is 120 Å². The predicted molar refractivity (Wildman–Crippen MR) is 132 cm³/mol. The van der Waals surface area contributed by atoms with Crippen LogP contribution in [0.1, 0.15) is 45.7 Å². The number of H-pyrrole nitrogens is 1. The fraction of sp³-hybridized carbons (Fsp3) is 0.107. The lowest BCUT2D eigenvalue weighted by Crippen LogP contribution is -2.28. The number of nitriles is 1. The number of ether oxygens (including phenoxy) is 1. The Bertz CT molecular complexity index is 1580. The molecule has 0 fully saturated rings. The number of aromatic nitrogens is 2. The van der Waals surface area contributed by atoms with Gasteiger partial charge >= 0.3 is 5.97 Å². The lowest BCUT2D eigenvalue weighted by Gasteiger charge is -2.20. The van der Waals surface area contributed by atoms with E-state index in [0.29, 0.717) is 22.8 Å². The van der Waals surface area contributed by atoms with E-state index >= 15 is 4.39 Å². The monoisotopic (exact) mass is 498 g/mol. The number of rotatable bonds is 7. The van der Waals surface area contributed by atoms with Crippen molar-refractivity contribution in [3.63, 3.8) is 0 Å². The molecule has 7 nitrogen and oxygen atoms in total. The van der Waals surface area contributed by atoms with Crippen molar-refractivity contribution in [3.8, 4) is 17.3 Å². The van der Waals surface area contributed by atoms with Gasteiger partial charge < -0.3 is 15.1 Å². The second kappa shape index (κ2) is 10.7. The quantitative estimate of drug-likeness (QED) is 0.276. The van der Waals surface area contributed by atoms with Gasteiger partial charge in [0.05, 0.1) is 35.6 Å². The van der Waals surface area contributed by atoms with Gasteiger partial charge in [-0.05, 0) is 30.7 Å². The zero-order valence-electron chi connectivity index (χ0n) is 19.6. The molecule has 1 heterocycles. The highest BCUT2D eigenvalue weighted by molar-refractivity contribution is 6.04. The summed E-state index contributed by atoms with van der Waals surface area (Å²) in [5.41, 5.74) is -0.376. The SMILES string of the molecule is CCOC(=O)c1c(-c2ccc(C#N)cc2)nc(C(C(=N)c2ccccc2)c2ccc(F)cc2F)[nH]c1=O. The normalized spacial score (nSPS) is 11.4. The third-order valence-corrected chi connectivity index (χ3v) is 5.63. The van der Waals surface area contributed by atoms with E-state index in [4.69, 9.17) is 15.4 Å². The second-order valence-electron chi connectivity index (χ2n) is 7.96. The number of nitrogens with one attached hydrogen (secondary N) is 2. The van der Waals surface area contributed by atoms with Gasteiger partial charge in [0.15, 0.2) is 5.56 Å². The van der Waals surface area contributed by atoms with Gasteiger partial charge in [-0.1, -0.05) is 48.5 Å². The van der Waals surface area contributed by atoms with E-state index < -0.39 is 29.1 Å². The average molecular weight is 498 g/mol. The molecule has 0 saturated carbocycles. The van der Waals surface area contributed by atoms with Crippen LogP contribution in [-0.4, -0.2) is 28.3 Å². The molecule has 184 valence electrons. The van der Waals surface area contributed by atoms with E-state index in [0.717, 1.165) is 6.07 Å². The molecule has 4 aromatic rings. The number of carbonyl (C=O) groups is 1. The van der Waals surface area contributed by atoms with Crippen molar-refractivity contribution in [2.24, 2.45) is 0 Å². The Labute approximate surface area is 210 Å². The van der Waals surface area contributed by atoms with Crippen molar-refractivity contribution in [1.82, 2.24) is 9.97 Å². The summed E-state index contributed by atoms with van der Waals surface area (Å²) in [4.78, 5) is 33.0. The van der Waals surface area contributed by atoms with E-state index in [-0.39, 0.29) is 35.0 Å². The Kier molecular flexibility index (Phi) is 7.30. The minimum absolute atomic E-state index is 0.00883. The summed E-state index contributed by atoms with van der Waals surface area (Å²) in [5.74, 6) is -4.02. The van der Waals surface area contributed by atoms with Crippen LogP contribution >= 0.6 is 0 Å². The predicted octanol–water partition coefficient (Wildman–Crippen LogP) is 4.96. The highest BCUT2D eigenvalue weighted by atomic mass is 19.1. The number of nitrogens with zero attached hydrogens (tertiary/aromatic N) is 2. The van der Waals surface area contributed by atoms with Gasteiger partial charge in [0, 0.05) is 17.2 Å². The first-order valence-corrected chi connectivity index (χ1v) is 11.2. The number of hydrogen-bond acceptors (Lipinski definition) is 6. The zero-order valence-corrected chi connectivity index (χ0v) is 19.6. The Balaban J connectivity index is 1.99. The Hall–Kier alpha value is -4.97. The molecule has 37 heavy (non-hydrogen) atoms. The lowest BCUT2D eigenvalue weighted by molar-refractivity contribution is 0.0524. The first-order chi connectivity index (χ1) is 17.8. The highest BCUT2D eigenvalue weighted by Crippen LogP contribution is 2.31. The van der Waals surface area contributed by atoms with Crippen LogP contribution in [0, 0.1) is 28.4 Å². The molecule has 0 radical (unpaired) electrons. The van der Waals surface area contributed by atoms with Crippen LogP contribution in [0.25, 0.3) is 11.3 Å². The molecule has 0 saturated heterocycles. The van der Waals surface area contributed by atoms with E-state index in [1.54, 1.807) is 37.3 Å².